The van der Waals surface area contributed by atoms with Gasteiger partial charge in [0.15, 0.2) is 5.76 Å². The van der Waals surface area contributed by atoms with Crippen LogP contribution in [0.2, 0.25) is 0 Å². The van der Waals surface area contributed by atoms with Crippen LogP contribution < -0.4 is 0 Å². The number of aliphatic hydroxyl groups excluding tert-OH is 1. The molecule has 1 aromatic heterocycles. The van der Waals surface area contributed by atoms with Crippen LogP contribution in [0.5, 0.6) is 0 Å². The van der Waals surface area contributed by atoms with Gasteiger partial charge in [-0.05, 0) is 30.9 Å². The first-order valence-corrected chi connectivity index (χ1v) is 4.87. The predicted octanol–water partition coefficient (Wildman–Crippen LogP) is 2.26. The Bertz CT molecular complexity index is 275. The number of ketones is 1. The lowest BCUT2D eigenvalue weighted by Crippen LogP contribution is -2.20. The highest BCUT2D eigenvalue weighted by atomic mass is 16.3. The second kappa shape index (κ2) is 4.96. The Morgan fingerprint density at radius 1 is 1.50 bits per heavy atom. The number of Topliss-reactive ketones (excluding diaryl/α,β-unsaturated/α-hetero) is 1. The van der Waals surface area contributed by atoms with E-state index >= 15 is 0 Å². The van der Waals surface area contributed by atoms with E-state index in [4.69, 9.17) is 4.42 Å². The van der Waals surface area contributed by atoms with Crippen LogP contribution in [-0.4, -0.2) is 17.0 Å². The van der Waals surface area contributed by atoms with Crippen molar-refractivity contribution in [1.29, 1.82) is 0 Å². The van der Waals surface area contributed by atoms with Crippen LogP contribution in [0.1, 0.15) is 37.2 Å². The zero-order valence-electron chi connectivity index (χ0n) is 8.56. The highest BCUT2D eigenvalue weighted by Gasteiger charge is 2.19. The van der Waals surface area contributed by atoms with Gasteiger partial charge in [0.2, 0.25) is 5.78 Å². The average Bonchev–Trinajstić information content (AvgIpc) is 2.65. The molecule has 0 fully saturated rings. The lowest BCUT2D eigenvalue weighted by molar-refractivity contribution is 0.0690. The van der Waals surface area contributed by atoms with Gasteiger partial charge in [0.25, 0.3) is 0 Å². The molecule has 1 heterocycles. The molecule has 0 bridgehead atoms. The Balaban J connectivity index is 2.45. The molecule has 0 aliphatic rings. The van der Waals surface area contributed by atoms with E-state index in [1.807, 2.05) is 0 Å². The van der Waals surface area contributed by atoms with E-state index < -0.39 is 6.10 Å². The molecule has 0 aromatic carbocycles. The fraction of sp³-hybridized carbons (Fsp3) is 0.545. The van der Waals surface area contributed by atoms with Crippen LogP contribution in [0.3, 0.4) is 0 Å². The van der Waals surface area contributed by atoms with Gasteiger partial charge in [-0.15, -0.1) is 0 Å². The number of rotatable bonds is 5. The van der Waals surface area contributed by atoms with E-state index in [0.29, 0.717) is 12.3 Å². The Morgan fingerprint density at radius 3 is 2.71 bits per heavy atom. The summed E-state index contributed by atoms with van der Waals surface area (Å²) in [5.74, 6) is 0.408. The third kappa shape index (κ3) is 3.00. The molecule has 1 N–H and O–H groups in total. The smallest absolute Gasteiger partial charge is 0.226 e. The van der Waals surface area contributed by atoms with Crippen LogP contribution in [-0.2, 0) is 0 Å². The summed E-state index contributed by atoms with van der Waals surface area (Å²) in [6.45, 7) is 4.12. The maximum atomic E-state index is 11.5. The highest BCUT2D eigenvalue weighted by Crippen LogP contribution is 2.11. The lowest BCUT2D eigenvalue weighted by Gasteiger charge is -2.09. The minimum absolute atomic E-state index is 0.237. The van der Waals surface area contributed by atoms with Gasteiger partial charge in [0.05, 0.1) is 6.26 Å². The molecule has 1 unspecified atom stereocenters. The minimum Gasteiger partial charge on any atom is -0.461 e. The SMILES string of the molecule is CC(C)CCC(O)C(=O)c1ccco1. The van der Waals surface area contributed by atoms with Crippen molar-refractivity contribution in [3.8, 4) is 0 Å². The minimum atomic E-state index is -0.927. The molecule has 0 aliphatic carbocycles. The molecule has 0 radical (unpaired) electrons. The summed E-state index contributed by atoms with van der Waals surface area (Å²) in [4.78, 5) is 11.5. The van der Waals surface area contributed by atoms with Gasteiger partial charge in [0.1, 0.15) is 6.10 Å². The maximum absolute atomic E-state index is 11.5. The van der Waals surface area contributed by atoms with Gasteiger partial charge < -0.3 is 9.52 Å². The average molecular weight is 196 g/mol. The van der Waals surface area contributed by atoms with Crippen molar-refractivity contribution >= 4 is 5.78 Å². The normalized spacial score (nSPS) is 13.1. The number of hydrogen-bond donors (Lipinski definition) is 1. The molecular formula is C11H16O3. The van der Waals surface area contributed by atoms with Gasteiger partial charge >= 0.3 is 0 Å². The second-order valence-corrected chi connectivity index (χ2v) is 3.83. The van der Waals surface area contributed by atoms with Gasteiger partial charge in [-0.3, -0.25) is 4.79 Å². The molecule has 0 aliphatic heterocycles. The molecule has 1 aromatic rings. The molecule has 14 heavy (non-hydrogen) atoms. The Kier molecular flexibility index (Phi) is 3.89. The van der Waals surface area contributed by atoms with Gasteiger partial charge in [0, 0.05) is 0 Å². The molecule has 0 saturated carbocycles. The fourth-order valence-electron chi connectivity index (χ4n) is 1.21. The van der Waals surface area contributed by atoms with E-state index in [2.05, 4.69) is 13.8 Å². The Hall–Kier alpha value is -1.09. The number of furan rings is 1. The Labute approximate surface area is 83.7 Å². The van der Waals surface area contributed by atoms with Gasteiger partial charge in [-0.2, -0.15) is 0 Å². The topological polar surface area (TPSA) is 50.4 Å². The van der Waals surface area contributed by atoms with E-state index in [1.54, 1.807) is 12.1 Å². The summed E-state index contributed by atoms with van der Waals surface area (Å²) < 4.78 is 4.91. The van der Waals surface area contributed by atoms with Crippen molar-refractivity contribution < 1.29 is 14.3 Å². The Morgan fingerprint density at radius 2 is 2.21 bits per heavy atom. The number of carbonyl (C=O) groups is 1. The first kappa shape index (κ1) is 11.0. The molecule has 78 valence electrons. The second-order valence-electron chi connectivity index (χ2n) is 3.83. The zero-order valence-corrected chi connectivity index (χ0v) is 8.56. The first-order chi connectivity index (χ1) is 6.61. The molecular weight excluding hydrogens is 180 g/mol. The maximum Gasteiger partial charge on any atom is 0.226 e. The van der Waals surface area contributed by atoms with Crippen molar-refractivity contribution in [3.05, 3.63) is 24.2 Å². The zero-order chi connectivity index (χ0) is 10.6. The van der Waals surface area contributed by atoms with Gasteiger partial charge in [-0.25, -0.2) is 0 Å². The molecule has 3 nitrogen and oxygen atoms in total. The number of carbonyl (C=O) groups excluding carboxylic acids is 1. The van der Waals surface area contributed by atoms with Crippen molar-refractivity contribution in [2.45, 2.75) is 32.8 Å². The highest BCUT2D eigenvalue weighted by molar-refractivity contribution is 5.96. The summed E-state index contributed by atoms with van der Waals surface area (Å²) in [5.41, 5.74) is 0. The van der Waals surface area contributed by atoms with Crippen LogP contribution in [0.25, 0.3) is 0 Å². The quantitative estimate of drug-likeness (QED) is 0.735. The molecule has 0 saturated heterocycles. The first-order valence-electron chi connectivity index (χ1n) is 4.87. The van der Waals surface area contributed by atoms with Crippen LogP contribution in [0, 0.1) is 5.92 Å². The summed E-state index contributed by atoms with van der Waals surface area (Å²) in [7, 11) is 0. The summed E-state index contributed by atoms with van der Waals surface area (Å²) in [6.07, 6.45) is 1.84. The van der Waals surface area contributed by atoms with Crippen molar-refractivity contribution in [1.82, 2.24) is 0 Å². The largest absolute Gasteiger partial charge is 0.461 e. The molecule has 0 amide bonds. The van der Waals surface area contributed by atoms with E-state index in [1.165, 1.54) is 6.26 Å². The molecule has 3 heteroatoms. The van der Waals surface area contributed by atoms with Crippen molar-refractivity contribution in [2.75, 3.05) is 0 Å². The van der Waals surface area contributed by atoms with Crippen LogP contribution in [0.15, 0.2) is 22.8 Å². The van der Waals surface area contributed by atoms with Crippen LogP contribution >= 0.6 is 0 Å². The summed E-state index contributed by atoms with van der Waals surface area (Å²) >= 11 is 0. The van der Waals surface area contributed by atoms with E-state index in [-0.39, 0.29) is 11.5 Å². The predicted molar refractivity (Wildman–Crippen MR) is 53.1 cm³/mol. The van der Waals surface area contributed by atoms with E-state index in [9.17, 15) is 9.90 Å². The van der Waals surface area contributed by atoms with Crippen molar-refractivity contribution in [2.24, 2.45) is 5.92 Å². The van der Waals surface area contributed by atoms with Gasteiger partial charge in [-0.1, -0.05) is 13.8 Å². The third-order valence-corrected chi connectivity index (χ3v) is 2.08. The monoisotopic (exact) mass is 196 g/mol. The third-order valence-electron chi connectivity index (χ3n) is 2.08. The molecule has 1 atom stereocenters. The summed E-state index contributed by atoms with van der Waals surface area (Å²) in [5, 5.41) is 9.53. The number of aliphatic hydroxyl groups is 1. The van der Waals surface area contributed by atoms with Crippen LogP contribution in [0.4, 0.5) is 0 Å². The standard InChI is InChI=1S/C11H16O3/c1-8(2)5-6-9(12)11(13)10-4-3-7-14-10/h3-4,7-9,12H,5-6H2,1-2H3. The lowest BCUT2D eigenvalue weighted by atomic mass is 10.0. The molecule has 1 rings (SSSR count). The number of hydrogen-bond acceptors (Lipinski definition) is 3. The fourth-order valence-corrected chi connectivity index (χ4v) is 1.21. The van der Waals surface area contributed by atoms with Crippen molar-refractivity contribution in [3.63, 3.8) is 0 Å². The summed E-state index contributed by atoms with van der Waals surface area (Å²) in [6, 6.07) is 3.21. The molecule has 0 spiro atoms. The van der Waals surface area contributed by atoms with E-state index in [0.717, 1.165) is 6.42 Å².